The van der Waals surface area contributed by atoms with Crippen molar-refractivity contribution >= 4 is 38.3 Å². The average molecular weight is 455 g/mol. The molecule has 0 bridgehead atoms. The van der Waals surface area contributed by atoms with E-state index in [0.717, 1.165) is 52.6 Å². The molecule has 0 radical (unpaired) electrons. The first-order valence-electron chi connectivity index (χ1n) is 11.2. The number of hydrogen-bond acceptors (Lipinski definition) is 5. The Morgan fingerprint density at radius 2 is 1.94 bits per heavy atom. The molecule has 6 rings (SSSR count). The number of fused-ring (bicyclic) bond motifs is 4. The van der Waals surface area contributed by atoms with E-state index in [1.807, 2.05) is 55.5 Å². The summed E-state index contributed by atoms with van der Waals surface area (Å²) in [5.41, 5.74) is 3.55. The molecular weight excluding hydrogens is 432 g/mol. The highest BCUT2D eigenvalue weighted by molar-refractivity contribution is 7.18. The third-order valence-corrected chi connectivity index (χ3v) is 7.54. The summed E-state index contributed by atoms with van der Waals surface area (Å²) in [5, 5.41) is 1.55. The Labute approximate surface area is 194 Å². The minimum atomic E-state index is -0.243. The molecule has 164 valence electrons. The van der Waals surface area contributed by atoms with Crippen molar-refractivity contribution < 1.29 is 9.21 Å². The Morgan fingerprint density at radius 1 is 1.09 bits per heavy atom. The quantitative estimate of drug-likeness (QED) is 0.315. The molecule has 0 N–H and O–H groups in total. The summed E-state index contributed by atoms with van der Waals surface area (Å²) in [6, 6.07) is 17.2. The Hall–Kier alpha value is -3.51. The number of para-hydroxylation sites is 1. The standard InChI is InChI=1S/C27H22N2O3S/c1-16-7-6-9-18(13-16)25-28-26-24(19-10-3-5-12-23(19)33-26)27(31)29(25)15-20(30)22-14-17-8-2-4-11-21(17)32-22/h2,4,6-9,11,13-14H,3,5,10,12,15H2,1H3. The maximum atomic E-state index is 13.8. The van der Waals surface area contributed by atoms with Crippen molar-refractivity contribution in [2.24, 2.45) is 0 Å². The van der Waals surface area contributed by atoms with Crippen LogP contribution in [0.25, 0.3) is 32.6 Å². The number of Topliss-reactive ketones (excluding diaryl/α,β-unsaturated/α-hetero) is 1. The minimum absolute atomic E-state index is 0.116. The molecule has 0 amide bonds. The topological polar surface area (TPSA) is 65.1 Å². The van der Waals surface area contributed by atoms with E-state index in [9.17, 15) is 9.59 Å². The molecule has 5 aromatic rings. The second-order valence-electron chi connectivity index (χ2n) is 8.66. The molecule has 0 saturated carbocycles. The van der Waals surface area contributed by atoms with Gasteiger partial charge in [-0.1, -0.05) is 42.0 Å². The fraction of sp³-hybridized carbons (Fsp3) is 0.222. The molecule has 2 aromatic carbocycles. The largest absolute Gasteiger partial charge is 0.453 e. The number of rotatable bonds is 4. The first-order valence-corrected chi connectivity index (χ1v) is 12.0. The number of ketones is 1. The lowest BCUT2D eigenvalue weighted by molar-refractivity contribution is 0.0946. The Morgan fingerprint density at radius 3 is 2.79 bits per heavy atom. The van der Waals surface area contributed by atoms with Gasteiger partial charge in [-0.25, -0.2) is 4.98 Å². The summed E-state index contributed by atoms with van der Waals surface area (Å²) < 4.78 is 7.32. The highest BCUT2D eigenvalue weighted by Gasteiger charge is 2.24. The number of aryl methyl sites for hydroxylation is 3. The van der Waals surface area contributed by atoms with Crippen LogP contribution in [0.4, 0.5) is 0 Å². The number of thiophene rings is 1. The van der Waals surface area contributed by atoms with Crippen LogP contribution < -0.4 is 5.56 Å². The molecule has 1 aliphatic rings. The molecule has 0 atom stereocenters. The molecule has 0 fully saturated rings. The van der Waals surface area contributed by atoms with Crippen LogP contribution in [0.3, 0.4) is 0 Å². The summed E-state index contributed by atoms with van der Waals surface area (Å²) in [5.74, 6) is 0.539. The normalized spacial score (nSPS) is 13.5. The van der Waals surface area contributed by atoms with E-state index in [-0.39, 0.29) is 23.6 Å². The molecule has 5 nitrogen and oxygen atoms in total. The van der Waals surface area contributed by atoms with E-state index in [2.05, 4.69) is 0 Å². The summed E-state index contributed by atoms with van der Waals surface area (Å²) in [4.78, 5) is 34.1. The van der Waals surface area contributed by atoms with Crippen molar-refractivity contribution in [1.82, 2.24) is 9.55 Å². The van der Waals surface area contributed by atoms with Crippen LogP contribution in [0.2, 0.25) is 0 Å². The van der Waals surface area contributed by atoms with Gasteiger partial charge in [-0.3, -0.25) is 14.2 Å². The summed E-state index contributed by atoms with van der Waals surface area (Å²) in [7, 11) is 0. The first-order chi connectivity index (χ1) is 16.1. The molecule has 3 heterocycles. The van der Waals surface area contributed by atoms with Gasteiger partial charge in [0, 0.05) is 15.8 Å². The average Bonchev–Trinajstić information content (AvgIpc) is 3.42. The van der Waals surface area contributed by atoms with Gasteiger partial charge in [0.25, 0.3) is 5.56 Å². The predicted octanol–water partition coefficient (Wildman–Crippen LogP) is 5.94. The molecule has 0 unspecified atom stereocenters. The van der Waals surface area contributed by atoms with E-state index in [1.165, 1.54) is 9.44 Å². The summed E-state index contributed by atoms with van der Waals surface area (Å²) >= 11 is 1.63. The maximum absolute atomic E-state index is 13.8. The molecule has 6 heteroatoms. The van der Waals surface area contributed by atoms with Crippen LogP contribution in [0.1, 0.15) is 39.4 Å². The predicted molar refractivity (Wildman–Crippen MR) is 131 cm³/mol. The van der Waals surface area contributed by atoms with Gasteiger partial charge in [0.1, 0.15) is 16.2 Å². The van der Waals surface area contributed by atoms with Crippen molar-refractivity contribution in [3.8, 4) is 11.4 Å². The molecule has 1 aliphatic carbocycles. The maximum Gasteiger partial charge on any atom is 0.263 e. The van der Waals surface area contributed by atoms with E-state index in [0.29, 0.717) is 16.8 Å². The van der Waals surface area contributed by atoms with Crippen molar-refractivity contribution in [2.45, 2.75) is 39.2 Å². The lowest BCUT2D eigenvalue weighted by Gasteiger charge is -2.13. The highest BCUT2D eigenvalue weighted by atomic mass is 32.1. The number of nitrogens with zero attached hydrogens (tertiary/aromatic N) is 2. The molecule has 0 saturated heterocycles. The Balaban J connectivity index is 1.53. The van der Waals surface area contributed by atoms with Gasteiger partial charge >= 0.3 is 0 Å². The van der Waals surface area contributed by atoms with Crippen LogP contribution in [-0.2, 0) is 19.4 Å². The molecule has 0 aliphatic heterocycles. The van der Waals surface area contributed by atoms with Crippen molar-refractivity contribution in [3.63, 3.8) is 0 Å². The fourth-order valence-corrected chi connectivity index (χ4v) is 5.98. The number of benzene rings is 2. The van der Waals surface area contributed by atoms with Crippen LogP contribution in [-0.4, -0.2) is 15.3 Å². The molecule has 3 aromatic heterocycles. The van der Waals surface area contributed by atoms with Gasteiger partial charge in [0.05, 0.1) is 11.9 Å². The second-order valence-corrected chi connectivity index (χ2v) is 9.74. The Bertz CT molecular complexity index is 1570. The fourth-order valence-electron chi connectivity index (χ4n) is 4.73. The lowest BCUT2D eigenvalue weighted by Crippen LogP contribution is -2.27. The number of carbonyl (C=O) groups excluding carboxylic acids is 1. The van der Waals surface area contributed by atoms with Crippen molar-refractivity contribution in [1.29, 1.82) is 0 Å². The molecule has 0 spiro atoms. The van der Waals surface area contributed by atoms with E-state index in [4.69, 9.17) is 9.40 Å². The van der Waals surface area contributed by atoms with Crippen LogP contribution in [0, 0.1) is 6.92 Å². The van der Waals surface area contributed by atoms with Crippen molar-refractivity contribution in [3.05, 3.63) is 86.7 Å². The van der Waals surface area contributed by atoms with Crippen molar-refractivity contribution in [2.75, 3.05) is 0 Å². The SMILES string of the molecule is Cc1cccc(-c2nc3sc4c(c3c(=O)n2CC(=O)c2cc3ccccc3o2)CCCC4)c1. The van der Waals surface area contributed by atoms with Crippen LogP contribution in [0.5, 0.6) is 0 Å². The van der Waals surface area contributed by atoms with E-state index >= 15 is 0 Å². The smallest absolute Gasteiger partial charge is 0.263 e. The van der Waals surface area contributed by atoms with Crippen LogP contribution in [0.15, 0.2) is 63.8 Å². The van der Waals surface area contributed by atoms with Gasteiger partial charge < -0.3 is 4.42 Å². The second kappa shape index (κ2) is 7.81. The summed E-state index contributed by atoms with van der Waals surface area (Å²) in [6.07, 6.45) is 4.11. The van der Waals surface area contributed by atoms with Gasteiger partial charge in [0.15, 0.2) is 5.76 Å². The molecule has 33 heavy (non-hydrogen) atoms. The number of carbonyl (C=O) groups is 1. The van der Waals surface area contributed by atoms with Gasteiger partial charge in [-0.15, -0.1) is 11.3 Å². The van der Waals surface area contributed by atoms with Gasteiger partial charge in [-0.2, -0.15) is 0 Å². The zero-order valence-corrected chi connectivity index (χ0v) is 19.1. The minimum Gasteiger partial charge on any atom is -0.453 e. The zero-order chi connectivity index (χ0) is 22.5. The first kappa shape index (κ1) is 20.1. The van der Waals surface area contributed by atoms with Gasteiger partial charge in [-0.05, 0) is 56.4 Å². The number of hydrogen-bond donors (Lipinski definition) is 0. The van der Waals surface area contributed by atoms with Gasteiger partial charge in [0.2, 0.25) is 5.78 Å². The third-order valence-electron chi connectivity index (χ3n) is 6.35. The lowest BCUT2D eigenvalue weighted by atomic mass is 9.97. The van der Waals surface area contributed by atoms with E-state index in [1.54, 1.807) is 17.4 Å². The monoisotopic (exact) mass is 454 g/mol. The Kier molecular flexibility index (Phi) is 4.76. The number of furan rings is 1. The highest BCUT2D eigenvalue weighted by Crippen LogP contribution is 2.35. The van der Waals surface area contributed by atoms with E-state index < -0.39 is 0 Å². The zero-order valence-electron chi connectivity index (χ0n) is 18.3. The van der Waals surface area contributed by atoms with Crippen LogP contribution >= 0.6 is 11.3 Å². The summed E-state index contributed by atoms with van der Waals surface area (Å²) in [6.45, 7) is 1.89. The number of aromatic nitrogens is 2. The molecular formula is C27H22N2O3S. The third kappa shape index (κ3) is 3.42.